The molecule has 2 heterocycles. The predicted molar refractivity (Wildman–Crippen MR) is 77.2 cm³/mol. The van der Waals surface area contributed by atoms with Crippen LogP contribution >= 0.6 is 0 Å². The highest BCUT2D eigenvalue weighted by Crippen LogP contribution is 2.16. The smallest absolute Gasteiger partial charge is 0.128 e. The first-order valence-corrected chi connectivity index (χ1v) is 7.00. The maximum Gasteiger partial charge on any atom is 0.128 e. The third-order valence-electron chi connectivity index (χ3n) is 3.63. The molecular weight excluding hydrogens is 240 g/mol. The normalized spacial score (nSPS) is 19.2. The minimum absolute atomic E-state index is 0.0331. The fraction of sp³-hybridized carbons (Fsp3) is 0.643. The van der Waals surface area contributed by atoms with E-state index in [2.05, 4.69) is 26.9 Å². The van der Waals surface area contributed by atoms with Crippen molar-refractivity contribution in [1.82, 2.24) is 9.88 Å². The van der Waals surface area contributed by atoms with E-state index in [9.17, 15) is 0 Å². The largest absolute Gasteiger partial charge is 0.395 e. The summed E-state index contributed by atoms with van der Waals surface area (Å²) >= 11 is 0. The first kappa shape index (κ1) is 14.2. The van der Waals surface area contributed by atoms with Gasteiger partial charge in [0.15, 0.2) is 0 Å². The lowest BCUT2D eigenvalue weighted by Gasteiger charge is -2.22. The van der Waals surface area contributed by atoms with Gasteiger partial charge in [0.05, 0.1) is 6.61 Å². The predicted octanol–water partition coefficient (Wildman–Crippen LogP) is 0.606. The van der Waals surface area contributed by atoms with E-state index in [1.165, 1.54) is 0 Å². The van der Waals surface area contributed by atoms with E-state index in [-0.39, 0.29) is 12.6 Å². The van der Waals surface area contributed by atoms with Gasteiger partial charge < -0.3 is 15.7 Å². The molecule has 1 fully saturated rings. The van der Waals surface area contributed by atoms with E-state index in [1.807, 2.05) is 13.1 Å². The average molecular weight is 264 g/mol. The Morgan fingerprint density at radius 3 is 2.79 bits per heavy atom. The lowest BCUT2D eigenvalue weighted by molar-refractivity contribution is 0.204. The van der Waals surface area contributed by atoms with Crippen LogP contribution in [-0.2, 0) is 0 Å². The van der Waals surface area contributed by atoms with Crippen LogP contribution in [0.2, 0.25) is 0 Å². The molecule has 1 aromatic rings. The molecule has 5 nitrogen and oxygen atoms in total. The van der Waals surface area contributed by atoms with Crippen LogP contribution in [0.4, 0.5) is 5.82 Å². The second-order valence-electron chi connectivity index (χ2n) is 5.14. The first-order valence-electron chi connectivity index (χ1n) is 7.00. The molecule has 106 valence electrons. The number of rotatable bonds is 4. The van der Waals surface area contributed by atoms with Crippen molar-refractivity contribution in [2.24, 2.45) is 5.73 Å². The molecule has 1 saturated heterocycles. The molecule has 1 aliphatic rings. The average Bonchev–Trinajstić information content (AvgIpc) is 2.65. The summed E-state index contributed by atoms with van der Waals surface area (Å²) in [5.41, 5.74) is 6.90. The van der Waals surface area contributed by atoms with Crippen LogP contribution in [0.25, 0.3) is 0 Å². The highest BCUT2D eigenvalue weighted by Gasteiger charge is 2.15. The number of hydrogen-bond acceptors (Lipinski definition) is 5. The quantitative estimate of drug-likeness (QED) is 0.834. The van der Waals surface area contributed by atoms with Gasteiger partial charge in [0, 0.05) is 38.4 Å². The number of aliphatic hydroxyl groups is 1. The molecule has 2 rings (SSSR count). The van der Waals surface area contributed by atoms with Crippen molar-refractivity contribution in [3.05, 3.63) is 23.9 Å². The summed E-state index contributed by atoms with van der Waals surface area (Å²) in [6.45, 7) is 6.99. The van der Waals surface area contributed by atoms with E-state index in [0.29, 0.717) is 0 Å². The van der Waals surface area contributed by atoms with Crippen molar-refractivity contribution in [2.75, 3.05) is 44.2 Å². The molecule has 0 bridgehead atoms. The number of aliphatic hydroxyl groups excluding tert-OH is 1. The summed E-state index contributed by atoms with van der Waals surface area (Å²) in [6, 6.07) is 4.15. The van der Waals surface area contributed by atoms with E-state index < -0.39 is 0 Å². The summed E-state index contributed by atoms with van der Waals surface area (Å²) in [7, 11) is 0. The van der Waals surface area contributed by atoms with Gasteiger partial charge >= 0.3 is 0 Å². The molecule has 0 spiro atoms. The number of pyridine rings is 1. The Bertz CT molecular complexity index is 380. The molecule has 1 aromatic heterocycles. The molecule has 1 atom stereocenters. The topological polar surface area (TPSA) is 65.6 Å². The Morgan fingerprint density at radius 1 is 1.32 bits per heavy atom. The van der Waals surface area contributed by atoms with Crippen LogP contribution in [0.1, 0.15) is 24.9 Å². The summed E-state index contributed by atoms with van der Waals surface area (Å²) in [4.78, 5) is 9.12. The van der Waals surface area contributed by atoms with Crippen molar-refractivity contribution in [3.63, 3.8) is 0 Å². The van der Waals surface area contributed by atoms with Crippen molar-refractivity contribution < 1.29 is 5.11 Å². The molecule has 0 saturated carbocycles. The third kappa shape index (κ3) is 3.89. The second kappa shape index (κ2) is 6.84. The van der Waals surface area contributed by atoms with E-state index >= 15 is 0 Å². The molecule has 0 aromatic carbocycles. The van der Waals surface area contributed by atoms with Gasteiger partial charge in [-0.05, 0) is 31.5 Å². The monoisotopic (exact) mass is 264 g/mol. The van der Waals surface area contributed by atoms with Gasteiger partial charge in [-0.2, -0.15) is 0 Å². The van der Waals surface area contributed by atoms with Gasteiger partial charge in [0.25, 0.3) is 0 Å². The molecular formula is C14H24N4O. The van der Waals surface area contributed by atoms with Crippen LogP contribution in [-0.4, -0.2) is 54.3 Å². The Hall–Kier alpha value is -1.17. The molecule has 0 radical (unpaired) electrons. The van der Waals surface area contributed by atoms with Gasteiger partial charge in [-0.1, -0.05) is 6.07 Å². The van der Waals surface area contributed by atoms with Gasteiger partial charge in [-0.15, -0.1) is 0 Å². The number of hydrogen-bond donors (Lipinski definition) is 2. The number of anilines is 1. The molecule has 1 aliphatic heterocycles. The number of nitrogens with zero attached hydrogens (tertiary/aromatic N) is 3. The fourth-order valence-corrected chi connectivity index (χ4v) is 2.42. The summed E-state index contributed by atoms with van der Waals surface area (Å²) in [5.74, 6) is 1.02. The molecule has 5 heteroatoms. The van der Waals surface area contributed by atoms with Crippen LogP contribution in [0.3, 0.4) is 0 Å². The highest BCUT2D eigenvalue weighted by molar-refractivity contribution is 5.40. The van der Waals surface area contributed by atoms with Crippen molar-refractivity contribution in [3.8, 4) is 0 Å². The molecule has 19 heavy (non-hydrogen) atoms. The maximum atomic E-state index is 9.00. The van der Waals surface area contributed by atoms with E-state index in [1.54, 1.807) is 0 Å². The third-order valence-corrected chi connectivity index (χ3v) is 3.63. The second-order valence-corrected chi connectivity index (χ2v) is 5.14. The van der Waals surface area contributed by atoms with Crippen molar-refractivity contribution in [1.29, 1.82) is 0 Å². The molecule has 0 unspecified atom stereocenters. The number of β-amino-alcohol motifs (C(OH)–C–C–N with tert-alkyl or cyclic N) is 1. The summed E-state index contributed by atoms with van der Waals surface area (Å²) in [6.07, 6.45) is 2.98. The fourth-order valence-electron chi connectivity index (χ4n) is 2.42. The summed E-state index contributed by atoms with van der Waals surface area (Å²) in [5, 5.41) is 9.00. The molecule has 3 N–H and O–H groups in total. The number of aromatic nitrogens is 1. The minimum atomic E-state index is 0.0331. The maximum absolute atomic E-state index is 9.00. The van der Waals surface area contributed by atoms with Crippen LogP contribution < -0.4 is 10.6 Å². The van der Waals surface area contributed by atoms with Crippen LogP contribution in [0.15, 0.2) is 18.3 Å². The molecule has 0 aliphatic carbocycles. The lowest BCUT2D eigenvalue weighted by atomic mass is 10.1. The van der Waals surface area contributed by atoms with Crippen molar-refractivity contribution in [2.45, 2.75) is 19.4 Å². The summed E-state index contributed by atoms with van der Waals surface area (Å²) < 4.78 is 0. The van der Waals surface area contributed by atoms with Gasteiger partial charge in [-0.3, -0.25) is 4.90 Å². The Labute approximate surface area is 115 Å². The standard InChI is InChI=1S/C14H24N4O/c1-12(15)13-3-4-14(16-11-13)18-6-2-5-17(7-8-18)9-10-19/h3-4,11-12,19H,2,5-10,15H2,1H3/t12-/m0/s1. The van der Waals surface area contributed by atoms with Gasteiger partial charge in [-0.25, -0.2) is 4.98 Å². The van der Waals surface area contributed by atoms with Crippen molar-refractivity contribution >= 4 is 5.82 Å². The zero-order chi connectivity index (χ0) is 13.7. The Kier molecular flexibility index (Phi) is 5.13. The molecule has 0 amide bonds. The van der Waals surface area contributed by atoms with Gasteiger partial charge in [0.1, 0.15) is 5.82 Å². The van der Waals surface area contributed by atoms with E-state index in [4.69, 9.17) is 10.8 Å². The first-order chi connectivity index (χ1) is 9.20. The zero-order valence-corrected chi connectivity index (χ0v) is 11.6. The SMILES string of the molecule is C[C@H](N)c1ccc(N2CCCN(CCO)CC2)nc1. The highest BCUT2D eigenvalue weighted by atomic mass is 16.3. The van der Waals surface area contributed by atoms with E-state index in [0.717, 1.165) is 50.5 Å². The zero-order valence-electron chi connectivity index (χ0n) is 11.6. The minimum Gasteiger partial charge on any atom is -0.395 e. The lowest BCUT2D eigenvalue weighted by Crippen LogP contribution is -2.32. The van der Waals surface area contributed by atoms with Crippen LogP contribution in [0.5, 0.6) is 0 Å². The Morgan fingerprint density at radius 2 is 2.16 bits per heavy atom. The van der Waals surface area contributed by atoms with Crippen LogP contribution in [0, 0.1) is 0 Å². The van der Waals surface area contributed by atoms with Gasteiger partial charge in [0.2, 0.25) is 0 Å². The number of nitrogens with two attached hydrogens (primary N) is 1. The Balaban J connectivity index is 1.97.